The molecule has 40 heavy (non-hydrogen) atoms. The van der Waals surface area contributed by atoms with Crippen molar-refractivity contribution in [3.63, 3.8) is 0 Å². The van der Waals surface area contributed by atoms with Gasteiger partial charge in [-0.05, 0) is 64.2 Å². The second-order valence-electron chi connectivity index (χ2n) is 12.4. The van der Waals surface area contributed by atoms with Crippen LogP contribution in [0.5, 0.6) is 0 Å². The summed E-state index contributed by atoms with van der Waals surface area (Å²) in [5.74, 6) is 0.541. The van der Waals surface area contributed by atoms with Gasteiger partial charge in [0.1, 0.15) is 0 Å². The number of nitrogens with one attached hydrogen (secondary N) is 4. The Labute approximate surface area is 235 Å². The molecule has 3 saturated carbocycles. The van der Waals surface area contributed by atoms with Gasteiger partial charge >= 0.3 is 0 Å². The van der Waals surface area contributed by atoms with Gasteiger partial charge in [-0.3, -0.25) is 29.2 Å². The maximum Gasteiger partial charge on any atom is 0.223 e. The molecule has 5 aliphatic rings. The van der Waals surface area contributed by atoms with E-state index in [1.807, 2.05) is 0 Å². The molecule has 12 nitrogen and oxygen atoms in total. The van der Waals surface area contributed by atoms with Crippen molar-refractivity contribution in [1.29, 1.82) is 0 Å². The predicted octanol–water partition coefficient (Wildman–Crippen LogP) is -0.431. The molecule has 6 unspecified atom stereocenters. The molecule has 2 aliphatic heterocycles. The number of nitrogens with two attached hydrogens (primary N) is 2. The Balaban J connectivity index is 1.10. The lowest BCUT2D eigenvalue weighted by Crippen LogP contribution is -2.49. The largest absolute Gasteiger partial charge is 0.372 e. The highest BCUT2D eigenvalue weighted by molar-refractivity contribution is 5.88. The first kappa shape index (κ1) is 28.4. The molecule has 2 heterocycles. The van der Waals surface area contributed by atoms with Gasteiger partial charge < -0.3 is 32.7 Å². The minimum atomic E-state index is -0.326. The molecule has 0 aromatic heterocycles. The van der Waals surface area contributed by atoms with Crippen LogP contribution in [0.1, 0.15) is 64.2 Å². The first-order chi connectivity index (χ1) is 19.3. The molecule has 5 rings (SSSR count). The van der Waals surface area contributed by atoms with Crippen LogP contribution < -0.4 is 32.7 Å². The van der Waals surface area contributed by atoms with Crippen molar-refractivity contribution in [3.8, 4) is 0 Å². The maximum absolute atomic E-state index is 13.2. The van der Waals surface area contributed by atoms with Gasteiger partial charge in [0.2, 0.25) is 23.6 Å². The van der Waals surface area contributed by atoms with Crippen molar-refractivity contribution >= 4 is 35.3 Å². The van der Waals surface area contributed by atoms with Gasteiger partial charge in [0.15, 0.2) is 0 Å². The van der Waals surface area contributed by atoms with E-state index in [1.54, 1.807) is 0 Å². The summed E-state index contributed by atoms with van der Waals surface area (Å²) in [4.78, 5) is 59.5. The SMILES string of the molecule is NC(=O)C1CC(NC(=O)C2CCC(C(=O)NC3CC(C(N)=O)CC(C4=NCCN4)C3)CC2)CC(C2=NCCN2)C1. The smallest absolute Gasteiger partial charge is 0.223 e. The van der Waals surface area contributed by atoms with E-state index in [1.165, 1.54) is 0 Å². The quantitative estimate of drug-likeness (QED) is 0.235. The van der Waals surface area contributed by atoms with Gasteiger partial charge in [-0.25, -0.2) is 0 Å². The van der Waals surface area contributed by atoms with Crippen LogP contribution in [0.15, 0.2) is 9.98 Å². The number of hydrogen-bond donors (Lipinski definition) is 6. The Morgan fingerprint density at radius 3 is 1.32 bits per heavy atom. The van der Waals surface area contributed by atoms with Crippen LogP contribution in [-0.2, 0) is 19.2 Å². The Kier molecular flexibility index (Phi) is 8.90. The van der Waals surface area contributed by atoms with Crippen LogP contribution in [0.2, 0.25) is 0 Å². The number of carbonyl (C=O) groups is 4. The highest BCUT2D eigenvalue weighted by atomic mass is 16.2. The van der Waals surface area contributed by atoms with Crippen molar-refractivity contribution in [1.82, 2.24) is 21.3 Å². The van der Waals surface area contributed by atoms with E-state index in [2.05, 4.69) is 31.3 Å². The normalized spacial score (nSPS) is 35.9. The zero-order valence-corrected chi connectivity index (χ0v) is 23.2. The molecule has 0 radical (unpaired) electrons. The van der Waals surface area contributed by atoms with Crippen LogP contribution in [0, 0.1) is 35.5 Å². The number of primary amides is 2. The standard InChI is InChI=1S/C28H44N8O4/c29-23(37)17-9-19(25-31-5-6-32-25)13-21(11-17)35-27(39)15-1-2-16(4-3-15)28(40)36-22-12-18(24(30)38)10-20(14-22)26-33-7-8-34-26/h15-22H,1-14H2,(H2,29,37)(H2,30,38)(H,31,32)(H,33,34)(H,35,39)(H,36,40). The van der Waals surface area contributed by atoms with E-state index >= 15 is 0 Å². The van der Waals surface area contributed by atoms with Crippen molar-refractivity contribution in [3.05, 3.63) is 0 Å². The molecule has 0 saturated heterocycles. The lowest BCUT2D eigenvalue weighted by atomic mass is 9.76. The van der Waals surface area contributed by atoms with E-state index in [4.69, 9.17) is 11.5 Å². The van der Waals surface area contributed by atoms with Crippen LogP contribution >= 0.6 is 0 Å². The fourth-order valence-electron chi connectivity index (χ4n) is 7.42. The zero-order valence-electron chi connectivity index (χ0n) is 23.2. The van der Waals surface area contributed by atoms with Gasteiger partial charge in [-0.1, -0.05) is 0 Å². The van der Waals surface area contributed by atoms with Crippen LogP contribution in [0.3, 0.4) is 0 Å². The molecule has 3 aliphatic carbocycles. The van der Waals surface area contributed by atoms with Crippen molar-refractivity contribution in [2.45, 2.75) is 76.3 Å². The minimum absolute atomic E-state index is 0.00157. The topological polar surface area (TPSA) is 193 Å². The summed E-state index contributed by atoms with van der Waals surface area (Å²) in [7, 11) is 0. The molecule has 6 atom stereocenters. The van der Waals surface area contributed by atoms with Gasteiger partial charge in [0, 0.05) is 60.7 Å². The lowest BCUT2D eigenvalue weighted by Gasteiger charge is -2.36. The highest BCUT2D eigenvalue weighted by Gasteiger charge is 2.39. The van der Waals surface area contributed by atoms with Crippen LogP contribution in [0.4, 0.5) is 0 Å². The monoisotopic (exact) mass is 556 g/mol. The summed E-state index contributed by atoms with van der Waals surface area (Å²) in [6.07, 6.45) is 6.51. The van der Waals surface area contributed by atoms with Crippen LogP contribution in [-0.4, -0.2) is 73.6 Å². The second-order valence-corrected chi connectivity index (χ2v) is 12.4. The first-order valence-corrected chi connectivity index (χ1v) is 15.0. The van der Waals surface area contributed by atoms with Crippen molar-refractivity contribution < 1.29 is 19.2 Å². The molecule has 4 amide bonds. The van der Waals surface area contributed by atoms with Crippen LogP contribution in [0.25, 0.3) is 0 Å². The predicted molar refractivity (Wildman–Crippen MR) is 150 cm³/mol. The van der Waals surface area contributed by atoms with E-state index in [9.17, 15) is 19.2 Å². The van der Waals surface area contributed by atoms with Gasteiger partial charge in [0.25, 0.3) is 0 Å². The summed E-state index contributed by atoms with van der Waals surface area (Å²) in [5.41, 5.74) is 11.3. The highest BCUT2D eigenvalue weighted by Crippen LogP contribution is 2.34. The van der Waals surface area contributed by atoms with E-state index in [0.717, 1.165) is 50.7 Å². The zero-order chi connectivity index (χ0) is 28.2. The number of hydrogen-bond acceptors (Lipinski definition) is 8. The number of aliphatic imine (C=N–C) groups is 2. The number of amides is 4. The average Bonchev–Trinajstić information content (AvgIpc) is 3.68. The van der Waals surface area contributed by atoms with Crippen molar-refractivity contribution in [2.75, 3.05) is 26.2 Å². The summed E-state index contributed by atoms with van der Waals surface area (Å²) >= 11 is 0. The average molecular weight is 557 g/mol. The summed E-state index contributed by atoms with van der Waals surface area (Å²) < 4.78 is 0. The van der Waals surface area contributed by atoms with E-state index in [-0.39, 0.29) is 71.2 Å². The number of nitrogens with zero attached hydrogens (tertiary/aromatic N) is 2. The molecule has 3 fully saturated rings. The summed E-state index contributed by atoms with van der Waals surface area (Å²) in [6.45, 7) is 3.09. The Bertz CT molecular complexity index is 971. The molecule has 12 heteroatoms. The van der Waals surface area contributed by atoms with Gasteiger partial charge in [0.05, 0.1) is 24.8 Å². The molecule has 220 valence electrons. The Morgan fingerprint density at radius 1 is 0.600 bits per heavy atom. The number of carbonyl (C=O) groups excluding carboxylic acids is 4. The summed E-state index contributed by atoms with van der Waals surface area (Å²) in [5, 5.41) is 13.0. The minimum Gasteiger partial charge on any atom is -0.372 e. The van der Waals surface area contributed by atoms with Crippen molar-refractivity contribution in [2.24, 2.45) is 57.0 Å². The Hall–Kier alpha value is -3.18. The molecule has 0 aromatic rings. The lowest BCUT2D eigenvalue weighted by molar-refractivity contribution is -0.132. The summed E-state index contributed by atoms with van der Waals surface area (Å²) in [6, 6.07) is -0.238. The molecule has 0 aromatic carbocycles. The maximum atomic E-state index is 13.2. The Morgan fingerprint density at radius 2 is 1.00 bits per heavy atom. The van der Waals surface area contributed by atoms with Gasteiger partial charge in [-0.15, -0.1) is 0 Å². The number of rotatable bonds is 8. The molecular weight excluding hydrogens is 512 g/mol. The van der Waals surface area contributed by atoms with E-state index < -0.39 is 0 Å². The first-order valence-electron chi connectivity index (χ1n) is 15.0. The fraction of sp³-hybridized carbons (Fsp3) is 0.786. The molecule has 8 N–H and O–H groups in total. The third kappa shape index (κ3) is 6.75. The fourth-order valence-corrected chi connectivity index (χ4v) is 7.42. The number of amidine groups is 2. The molecule has 0 bridgehead atoms. The third-order valence-corrected chi connectivity index (χ3v) is 9.55. The van der Waals surface area contributed by atoms with E-state index in [0.29, 0.717) is 51.4 Å². The second kappa shape index (κ2) is 12.6. The molecular formula is C28H44N8O4. The van der Waals surface area contributed by atoms with Gasteiger partial charge in [-0.2, -0.15) is 0 Å². The molecule has 0 spiro atoms. The third-order valence-electron chi connectivity index (χ3n) is 9.55.